The molecule has 29 heavy (non-hydrogen) atoms. The molecule has 160 valence electrons. The van der Waals surface area contributed by atoms with Crippen molar-refractivity contribution in [2.75, 3.05) is 13.1 Å². The number of nitrogens with two attached hydrogens (primary N) is 1. The van der Waals surface area contributed by atoms with Gasteiger partial charge in [-0.15, -0.1) is 4.28 Å². The summed E-state index contributed by atoms with van der Waals surface area (Å²) in [7, 11) is -4.99. The van der Waals surface area contributed by atoms with Gasteiger partial charge in [0.1, 0.15) is 11.6 Å². The maximum atomic E-state index is 12.6. The lowest BCUT2D eigenvalue weighted by molar-refractivity contribution is -0.0328. The van der Waals surface area contributed by atoms with E-state index in [1.54, 1.807) is 20.8 Å². The first-order valence-corrected chi connectivity index (χ1v) is 9.76. The lowest BCUT2D eigenvalue weighted by Gasteiger charge is -2.30. The number of hydrogen-bond acceptors (Lipinski definition) is 8. The Morgan fingerprint density at radius 3 is 2.62 bits per heavy atom. The van der Waals surface area contributed by atoms with Crippen molar-refractivity contribution in [3.8, 4) is 0 Å². The zero-order chi connectivity index (χ0) is 21.7. The number of amides is 4. The lowest BCUT2D eigenvalue weighted by atomic mass is 9.98. The van der Waals surface area contributed by atoms with E-state index in [4.69, 9.17) is 15.0 Å². The molecule has 1 aromatic rings. The Kier molecular flexibility index (Phi) is 4.92. The van der Waals surface area contributed by atoms with E-state index < -0.39 is 46.2 Å². The summed E-state index contributed by atoms with van der Waals surface area (Å²) < 4.78 is 41.6. The molecular weight excluding hydrogens is 412 g/mol. The first-order chi connectivity index (χ1) is 13.3. The molecule has 15 heteroatoms. The molecule has 14 nitrogen and oxygen atoms in total. The number of primary amides is 1. The zero-order valence-electron chi connectivity index (χ0n) is 15.7. The van der Waals surface area contributed by atoms with Gasteiger partial charge in [0.2, 0.25) is 0 Å². The van der Waals surface area contributed by atoms with Crippen LogP contribution in [0.25, 0.3) is 0 Å². The number of carbonyl (C=O) groups excluding carboxylic acids is 3. The van der Waals surface area contributed by atoms with Gasteiger partial charge in [-0.2, -0.15) is 23.3 Å². The number of nitrogens with one attached hydrogen (secondary N) is 1. The Labute approximate surface area is 165 Å². The summed E-state index contributed by atoms with van der Waals surface area (Å²) in [5, 5.41) is 6.97. The van der Waals surface area contributed by atoms with E-state index >= 15 is 0 Å². The van der Waals surface area contributed by atoms with Crippen LogP contribution in [0.4, 0.5) is 14.4 Å². The molecule has 3 rings (SSSR count). The lowest BCUT2D eigenvalue weighted by Crippen LogP contribution is -2.42. The van der Waals surface area contributed by atoms with Gasteiger partial charge in [-0.05, 0) is 20.8 Å². The Hall–Kier alpha value is -2.91. The van der Waals surface area contributed by atoms with E-state index in [1.807, 2.05) is 0 Å². The van der Waals surface area contributed by atoms with Gasteiger partial charge in [-0.3, -0.25) is 4.55 Å². The molecule has 3 heterocycles. The van der Waals surface area contributed by atoms with Crippen molar-refractivity contribution in [1.29, 1.82) is 0 Å². The Balaban J connectivity index is 1.91. The predicted molar refractivity (Wildman–Crippen MR) is 93.5 cm³/mol. The third-order valence-electron chi connectivity index (χ3n) is 4.15. The standard InChI is InChI=1S/C14H20N6O8S/c1-14(2,3)27-12(22)16-4-8-7-5-19(11(15)21)17-10(7)9-6-18(8)13(23)20(9)28-29(24,25)26/h5,8-9H,4,6H2,1-3H3,(H2,15,21)(H,16,22)(H,24,25,26)/t8-,9+/m0/s1. The van der Waals surface area contributed by atoms with Gasteiger partial charge in [-0.1, -0.05) is 0 Å². The minimum Gasteiger partial charge on any atom is -0.444 e. The molecule has 0 radical (unpaired) electrons. The SMILES string of the molecule is CC(C)(C)OC(=O)NC[C@H]1c2cn(C(N)=O)nc2[C@H]2CN1C(=O)N2OS(=O)(=O)O. The Morgan fingerprint density at radius 2 is 2.07 bits per heavy atom. The predicted octanol–water partition coefficient (Wildman–Crippen LogP) is -0.0976. The highest BCUT2D eigenvalue weighted by Crippen LogP contribution is 2.43. The second-order valence-corrected chi connectivity index (χ2v) is 8.43. The molecule has 1 fully saturated rings. The number of hydroxylamine groups is 2. The van der Waals surface area contributed by atoms with E-state index in [2.05, 4.69) is 14.7 Å². The largest absolute Gasteiger partial charge is 0.444 e. The van der Waals surface area contributed by atoms with Crippen LogP contribution in [0.2, 0.25) is 0 Å². The Bertz CT molecular complexity index is 967. The second kappa shape index (κ2) is 6.85. The summed E-state index contributed by atoms with van der Waals surface area (Å²) in [6.45, 7) is 4.87. The fourth-order valence-electron chi connectivity index (χ4n) is 3.15. The molecule has 2 atom stereocenters. The molecule has 0 unspecified atom stereocenters. The maximum absolute atomic E-state index is 12.6. The molecule has 4 N–H and O–H groups in total. The fourth-order valence-corrected chi connectivity index (χ4v) is 3.52. The van der Waals surface area contributed by atoms with Gasteiger partial charge in [0.25, 0.3) is 0 Å². The first kappa shape index (κ1) is 20.8. The Morgan fingerprint density at radius 1 is 1.41 bits per heavy atom. The summed E-state index contributed by atoms with van der Waals surface area (Å²) in [5.74, 6) is 0. The number of nitrogens with zero attached hydrogens (tertiary/aromatic N) is 4. The first-order valence-electron chi connectivity index (χ1n) is 8.40. The highest BCUT2D eigenvalue weighted by atomic mass is 32.3. The van der Waals surface area contributed by atoms with E-state index in [-0.39, 0.29) is 18.8 Å². The van der Waals surface area contributed by atoms with Crippen LogP contribution >= 0.6 is 0 Å². The summed E-state index contributed by atoms with van der Waals surface area (Å²) >= 11 is 0. The van der Waals surface area contributed by atoms with Crippen LogP contribution in [0.15, 0.2) is 6.20 Å². The van der Waals surface area contributed by atoms with Crippen molar-refractivity contribution >= 4 is 28.6 Å². The van der Waals surface area contributed by atoms with Crippen LogP contribution in [0, 0.1) is 0 Å². The molecule has 0 aliphatic carbocycles. The van der Waals surface area contributed by atoms with E-state index in [0.29, 0.717) is 10.6 Å². The smallest absolute Gasteiger partial charge is 0.418 e. The van der Waals surface area contributed by atoms with Crippen LogP contribution in [0.3, 0.4) is 0 Å². The monoisotopic (exact) mass is 432 g/mol. The molecule has 1 saturated heterocycles. The molecule has 2 aliphatic heterocycles. The average molecular weight is 432 g/mol. The molecule has 2 aliphatic rings. The molecule has 0 aromatic carbocycles. The summed E-state index contributed by atoms with van der Waals surface area (Å²) in [5.41, 5.74) is 4.99. The van der Waals surface area contributed by atoms with E-state index in [1.165, 1.54) is 11.1 Å². The second-order valence-electron chi connectivity index (χ2n) is 7.43. The van der Waals surface area contributed by atoms with Crippen LogP contribution in [0.1, 0.15) is 44.1 Å². The van der Waals surface area contributed by atoms with Gasteiger partial charge in [0.15, 0.2) is 0 Å². The molecule has 0 spiro atoms. The molecule has 4 amide bonds. The zero-order valence-corrected chi connectivity index (χ0v) is 16.5. The van der Waals surface area contributed by atoms with Crippen LogP contribution in [-0.4, -0.2) is 69.6 Å². The van der Waals surface area contributed by atoms with Crippen molar-refractivity contribution in [3.05, 3.63) is 17.5 Å². The van der Waals surface area contributed by atoms with Gasteiger partial charge < -0.3 is 20.7 Å². The number of alkyl carbamates (subject to hydrolysis) is 1. The fraction of sp³-hybridized carbons (Fsp3) is 0.571. The third kappa shape index (κ3) is 4.25. The molecule has 0 saturated carbocycles. The third-order valence-corrected chi connectivity index (χ3v) is 4.50. The van der Waals surface area contributed by atoms with Crippen molar-refractivity contribution in [2.24, 2.45) is 5.73 Å². The number of aromatic nitrogens is 2. The van der Waals surface area contributed by atoms with Crippen LogP contribution in [0.5, 0.6) is 0 Å². The number of carbonyl (C=O) groups is 3. The number of fused-ring (bicyclic) bond motifs is 4. The van der Waals surface area contributed by atoms with Crippen LogP contribution in [-0.2, 0) is 19.4 Å². The van der Waals surface area contributed by atoms with Crippen molar-refractivity contribution in [1.82, 2.24) is 25.1 Å². The van der Waals surface area contributed by atoms with Gasteiger partial charge in [0.05, 0.1) is 18.3 Å². The van der Waals surface area contributed by atoms with Gasteiger partial charge in [-0.25, -0.2) is 14.4 Å². The molecule has 1 aromatic heterocycles. The maximum Gasteiger partial charge on any atom is 0.418 e. The normalized spacial score (nSPS) is 21.2. The molecular formula is C14H20N6O8S. The average Bonchev–Trinajstić information content (AvgIpc) is 3.09. The number of urea groups is 1. The minimum absolute atomic E-state index is 0.0577. The van der Waals surface area contributed by atoms with Crippen molar-refractivity contribution < 1.29 is 36.4 Å². The summed E-state index contributed by atoms with van der Waals surface area (Å²) in [6, 6.07) is -3.60. The van der Waals surface area contributed by atoms with Gasteiger partial charge in [0, 0.05) is 18.3 Å². The summed E-state index contributed by atoms with van der Waals surface area (Å²) in [6.07, 6.45) is 0.545. The minimum atomic E-state index is -4.99. The van der Waals surface area contributed by atoms with E-state index in [0.717, 1.165) is 4.68 Å². The quantitative estimate of drug-likeness (QED) is 0.546. The highest BCUT2D eigenvalue weighted by Gasteiger charge is 2.52. The number of hydrogen-bond donors (Lipinski definition) is 3. The van der Waals surface area contributed by atoms with Gasteiger partial charge >= 0.3 is 28.6 Å². The molecule has 2 bridgehead atoms. The van der Waals surface area contributed by atoms with Crippen molar-refractivity contribution in [2.45, 2.75) is 38.5 Å². The number of ether oxygens (including phenoxy) is 1. The van der Waals surface area contributed by atoms with Crippen molar-refractivity contribution in [3.63, 3.8) is 0 Å². The van der Waals surface area contributed by atoms with E-state index in [9.17, 15) is 22.8 Å². The summed E-state index contributed by atoms with van der Waals surface area (Å²) in [4.78, 5) is 37.3. The highest BCUT2D eigenvalue weighted by molar-refractivity contribution is 7.80. The number of rotatable bonds is 4. The van der Waals surface area contributed by atoms with Crippen LogP contribution < -0.4 is 11.1 Å². The topological polar surface area (TPSA) is 186 Å².